The summed E-state index contributed by atoms with van der Waals surface area (Å²) in [5.41, 5.74) is 0.671. The summed E-state index contributed by atoms with van der Waals surface area (Å²) in [6.07, 6.45) is 0. The van der Waals surface area contributed by atoms with Gasteiger partial charge in [-0.25, -0.2) is 4.79 Å². The molecule has 1 aromatic heterocycles. The van der Waals surface area contributed by atoms with E-state index in [1.807, 2.05) is 38.1 Å². The normalized spacial score (nSPS) is 11.8. The SMILES string of the molecule is COc1cccc(NC(=O)NC(C)c2ccc(C)o2)c1. The molecule has 1 atom stereocenters. The van der Waals surface area contributed by atoms with Crippen LogP contribution in [0.4, 0.5) is 10.5 Å². The molecule has 1 unspecified atom stereocenters. The minimum absolute atomic E-state index is 0.200. The van der Waals surface area contributed by atoms with E-state index in [1.165, 1.54) is 0 Å². The van der Waals surface area contributed by atoms with Crippen LogP contribution in [0.5, 0.6) is 5.75 Å². The lowest BCUT2D eigenvalue weighted by Crippen LogP contribution is -2.30. The average molecular weight is 274 g/mol. The van der Waals surface area contributed by atoms with Crippen LogP contribution in [0.25, 0.3) is 0 Å². The summed E-state index contributed by atoms with van der Waals surface area (Å²) < 4.78 is 10.6. The lowest BCUT2D eigenvalue weighted by Gasteiger charge is -2.13. The Bertz CT molecular complexity index is 592. The van der Waals surface area contributed by atoms with E-state index in [0.29, 0.717) is 11.4 Å². The van der Waals surface area contributed by atoms with Crippen molar-refractivity contribution < 1.29 is 13.9 Å². The first-order valence-electron chi connectivity index (χ1n) is 6.36. The molecule has 5 heteroatoms. The first kappa shape index (κ1) is 14.0. The first-order valence-corrected chi connectivity index (χ1v) is 6.36. The molecule has 0 saturated heterocycles. The number of ether oxygens (including phenoxy) is 1. The molecule has 2 aromatic rings. The predicted molar refractivity (Wildman–Crippen MR) is 77.0 cm³/mol. The summed E-state index contributed by atoms with van der Waals surface area (Å²) in [4.78, 5) is 11.9. The molecule has 0 spiro atoms. The number of methoxy groups -OCH3 is 1. The van der Waals surface area contributed by atoms with Crippen molar-refractivity contribution >= 4 is 11.7 Å². The molecule has 1 heterocycles. The number of hydrogen-bond donors (Lipinski definition) is 2. The summed E-state index contributed by atoms with van der Waals surface area (Å²) >= 11 is 0. The monoisotopic (exact) mass is 274 g/mol. The summed E-state index contributed by atoms with van der Waals surface area (Å²) in [7, 11) is 1.58. The molecule has 0 saturated carbocycles. The maximum atomic E-state index is 11.9. The van der Waals surface area contributed by atoms with Gasteiger partial charge in [0.1, 0.15) is 17.3 Å². The molecular formula is C15H18N2O3. The molecule has 0 fully saturated rings. The van der Waals surface area contributed by atoms with Gasteiger partial charge in [0, 0.05) is 11.8 Å². The highest BCUT2D eigenvalue weighted by atomic mass is 16.5. The van der Waals surface area contributed by atoms with Gasteiger partial charge in [0.05, 0.1) is 13.2 Å². The number of carbonyl (C=O) groups excluding carboxylic acids is 1. The second-order valence-corrected chi connectivity index (χ2v) is 4.50. The van der Waals surface area contributed by atoms with Crippen molar-refractivity contribution in [2.45, 2.75) is 19.9 Å². The topological polar surface area (TPSA) is 63.5 Å². The Morgan fingerprint density at radius 1 is 1.30 bits per heavy atom. The molecular weight excluding hydrogens is 256 g/mol. The molecule has 2 amide bonds. The zero-order chi connectivity index (χ0) is 14.5. The second kappa shape index (κ2) is 6.14. The fourth-order valence-corrected chi connectivity index (χ4v) is 1.82. The fourth-order valence-electron chi connectivity index (χ4n) is 1.82. The predicted octanol–water partition coefficient (Wildman–Crippen LogP) is 3.48. The Hall–Kier alpha value is -2.43. The Balaban J connectivity index is 1.95. The average Bonchev–Trinajstić information content (AvgIpc) is 2.85. The molecule has 1 aromatic carbocycles. The van der Waals surface area contributed by atoms with Gasteiger partial charge in [0.25, 0.3) is 0 Å². The maximum Gasteiger partial charge on any atom is 0.319 e. The number of nitrogens with one attached hydrogen (secondary N) is 2. The lowest BCUT2D eigenvalue weighted by molar-refractivity contribution is 0.247. The summed E-state index contributed by atoms with van der Waals surface area (Å²) in [5.74, 6) is 2.24. The van der Waals surface area contributed by atoms with Crippen molar-refractivity contribution in [3.8, 4) is 5.75 Å². The molecule has 2 N–H and O–H groups in total. The van der Waals surface area contributed by atoms with E-state index >= 15 is 0 Å². The number of furan rings is 1. The molecule has 0 bridgehead atoms. The van der Waals surface area contributed by atoms with Gasteiger partial charge in [0.2, 0.25) is 0 Å². The van der Waals surface area contributed by atoms with Gasteiger partial charge < -0.3 is 19.8 Å². The minimum atomic E-state index is -0.292. The zero-order valence-electron chi connectivity index (χ0n) is 11.8. The van der Waals surface area contributed by atoms with Crippen molar-refractivity contribution in [2.75, 3.05) is 12.4 Å². The standard InChI is InChI=1S/C15H18N2O3/c1-10-7-8-14(20-10)11(2)16-15(18)17-12-5-4-6-13(9-12)19-3/h4-9,11H,1-3H3,(H2,16,17,18). The molecule has 0 radical (unpaired) electrons. The van der Waals surface area contributed by atoms with Crippen LogP contribution in [0.15, 0.2) is 40.8 Å². The Labute approximate surface area is 117 Å². The van der Waals surface area contributed by atoms with Crippen molar-refractivity contribution in [1.29, 1.82) is 0 Å². The van der Waals surface area contributed by atoms with Gasteiger partial charge in [-0.05, 0) is 38.1 Å². The number of amides is 2. The smallest absolute Gasteiger partial charge is 0.319 e. The van der Waals surface area contributed by atoms with Gasteiger partial charge in [-0.1, -0.05) is 6.07 Å². The number of hydrogen-bond acceptors (Lipinski definition) is 3. The second-order valence-electron chi connectivity index (χ2n) is 4.50. The summed E-state index contributed by atoms with van der Waals surface area (Å²) in [6.45, 7) is 3.73. The molecule has 0 aliphatic rings. The van der Waals surface area contributed by atoms with E-state index in [1.54, 1.807) is 19.2 Å². The quantitative estimate of drug-likeness (QED) is 0.897. The van der Waals surface area contributed by atoms with E-state index in [0.717, 1.165) is 11.5 Å². The third kappa shape index (κ3) is 3.54. The van der Waals surface area contributed by atoms with E-state index < -0.39 is 0 Å². The van der Waals surface area contributed by atoms with Gasteiger partial charge in [-0.3, -0.25) is 0 Å². The molecule has 0 aliphatic carbocycles. The number of rotatable bonds is 4. The molecule has 5 nitrogen and oxygen atoms in total. The van der Waals surface area contributed by atoms with Crippen LogP contribution in [0, 0.1) is 6.92 Å². The number of urea groups is 1. The van der Waals surface area contributed by atoms with Crippen LogP contribution >= 0.6 is 0 Å². The van der Waals surface area contributed by atoms with Crippen LogP contribution in [0.1, 0.15) is 24.5 Å². The largest absolute Gasteiger partial charge is 0.497 e. The Kier molecular flexibility index (Phi) is 4.30. The Morgan fingerprint density at radius 2 is 2.10 bits per heavy atom. The Morgan fingerprint density at radius 3 is 2.75 bits per heavy atom. The van der Waals surface area contributed by atoms with Crippen LogP contribution in [-0.4, -0.2) is 13.1 Å². The fraction of sp³-hybridized carbons (Fsp3) is 0.267. The minimum Gasteiger partial charge on any atom is -0.497 e. The van der Waals surface area contributed by atoms with E-state index in [2.05, 4.69) is 10.6 Å². The highest BCUT2D eigenvalue weighted by Crippen LogP contribution is 2.18. The highest BCUT2D eigenvalue weighted by Gasteiger charge is 2.12. The third-order valence-corrected chi connectivity index (χ3v) is 2.86. The molecule has 20 heavy (non-hydrogen) atoms. The van der Waals surface area contributed by atoms with Crippen molar-refractivity contribution in [2.24, 2.45) is 0 Å². The van der Waals surface area contributed by atoms with Crippen molar-refractivity contribution in [1.82, 2.24) is 5.32 Å². The van der Waals surface area contributed by atoms with Gasteiger partial charge >= 0.3 is 6.03 Å². The number of benzene rings is 1. The molecule has 0 aliphatic heterocycles. The van der Waals surface area contributed by atoms with Crippen molar-refractivity contribution in [3.63, 3.8) is 0 Å². The summed E-state index contributed by atoms with van der Waals surface area (Å²) in [5, 5.41) is 5.56. The van der Waals surface area contributed by atoms with Crippen LogP contribution in [0.2, 0.25) is 0 Å². The third-order valence-electron chi connectivity index (χ3n) is 2.86. The summed E-state index contributed by atoms with van der Waals surface area (Å²) in [6, 6.07) is 10.4. The van der Waals surface area contributed by atoms with Gasteiger partial charge in [-0.15, -0.1) is 0 Å². The van der Waals surface area contributed by atoms with Crippen LogP contribution < -0.4 is 15.4 Å². The first-order chi connectivity index (χ1) is 9.58. The number of aryl methyl sites for hydroxylation is 1. The van der Waals surface area contributed by atoms with E-state index in [-0.39, 0.29) is 12.1 Å². The lowest BCUT2D eigenvalue weighted by atomic mass is 10.2. The van der Waals surface area contributed by atoms with Crippen LogP contribution in [-0.2, 0) is 0 Å². The van der Waals surface area contributed by atoms with Gasteiger partial charge in [-0.2, -0.15) is 0 Å². The highest BCUT2D eigenvalue weighted by molar-refractivity contribution is 5.89. The van der Waals surface area contributed by atoms with E-state index in [9.17, 15) is 4.79 Å². The van der Waals surface area contributed by atoms with Crippen LogP contribution in [0.3, 0.4) is 0 Å². The molecule has 2 rings (SSSR count). The molecule has 106 valence electrons. The van der Waals surface area contributed by atoms with E-state index in [4.69, 9.17) is 9.15 Å². The van der Waals surface area contributed by atoms with Gasteiger partial charge in [0.15, 0.2) is 0 Å². The zero-order valence-corrected chi connectivity index (χ0v) is 11.8. The van der Waals surface area contributed by atoms with Crippen molar-refractivity contribution in [3.05, 3.63) is 47.9 Å². The number of anilines is 1. The number of carbonyl (C=O) groups is 1. The maximum absolute atomic E-state index is 11.9.